The molecule has 0 radical (unpaired) electrons. The molecule has 2 heterocycles. The molecule has 7 heteroatoms. The molecule has 1 aromatic heterocycles. The fourth-order valence-corrected chi connectivity index (χ4v) is 4.34. The van der Waals surface area contributed by atoms with Crippen molar-refractivity contribution in [2.24, 2.45) is 0 Å². The van der Waals surface area contributed by atoms with Gasteiger partial charge in [-0.15, -0.1) is 11.3 Å². The lowest BCUT2D eigenvalue weighted by Gasteiger charge is -2.34. The van der Waals surface area contributed by atoms with Crippen LogP contribution < -0.4 is 14.4 Å². The van der Waals surface area contributed by atoms with Crippen LogP contribution in [0.25, 0.3) is 0 Å². The van der Waals surface area contributed by atoms with Crippen LogP contribution >= 0.6 is 11.3 Å². The third-order valence-corrected chi connectivity index (χ3v) is 6.06. The van der Waals surface area contributed by atoms with Crippen molar-refractivity contribution in [1.29, 1.82) is 0 Å². The van der Waals surface area contributed by atoms with Crippen LogP contribution in [0.2, 0.25) is 0 Å². The highest BCUT2D eigenvalue weighted by Gasteiger charge is 2.33. The highest BCUT2D eigenvalue weighted by atomic mass is 32.1. The van der Waals surface area contributed by atoms with Gasteiger partial charge in [-0.25, -0.2) is 0 Å². The standard InChI is InChI=1S/C24H24N2O4S/c1-17-24(28)26(20-10-4-6-12-22(20)30-17)16-23(27)25(15-19-9-7-13-31-19)14-18-8-3-5-11-21(18)29-2/h3-13,17H,14-16H2,1-2H3/t17-/m1/s1. The summed E-state index contributed by atoms with van der Waals surface area (Å²) in [5.74, 6) is 0.974. The fraction of sp³-hybridized carbons (Fsp3) is 0.250. The van der Waals surface area contributed by atoms with Crippen molar-refractivity contribution < 1.29 is 19.1 Å². The molecular formula is C24H24N2O4S. The minimum Gasteiger partial charge on any atom is -0.496 e. The number of rotatable bonds is 7. The molecule has 0 unspecified atom stereocenters. The summed E-state index contributed by atoms with van der Waals surface area (Å²) in [6.07, 6.45) is -0.636. The molecule has 4 rings (SSSR count). The van der Waals surface area contributed by atoms with Crippen molar-refractivity contribution in [1.82, 2.24) is 4.90 Å². The van der Waals surface area contributed by atoms with Gasteiger partial charge in [0.2, 0.25) is 5.91 Å². The van der Waals surface area contributed by atoms with E-state index in [1.807, 2.05) is 60.0 Å². The van der Waals surface area contributed by atoms with Gasteiger partial charge >= 0.3 is 0 Å². The Kier molecular flexibility index (Phi) is 6.23. The largest absolute Gasteiger partial charge is 0.496 e. The molecule has 1 atom stereocenters. The molecule has 1 aliphatic rings. The Bertz CT molecular complexity index is 1070. The SMILES string of the molecule is COc1ccccc1CN(Cc1cccs1)C(=O)CN1C(=O)[C@@H](C)Oc2ccccc21. The molecule has 160 valence electrons. The minimum atomic E-state index is -0.636. The molecule has 0 fully saturated rings. The Morgan fingerprint density at radius 2 is 1.87 bits per heavy atom. The van der Waals surface area contributed by atoms with Gasteiger partial charge in [0.25, 0.3) is 5.91 Å². The summed E-state index contributed by atoms with van der Waals surface area (Å²) in [7, 11) is 1.62. The number of carbonyl (C=O) groups is 2. The van der Waals surface area contributed by atoms with Crippen LogP contribution in [0.5, 0.6) is 11.5 Å². The molecule has 0 saturated heterocycles. The van der Waals surface area contributed by atoms with Crippen LogP contribution in [0.1, 0.15) is 17.4 Å². The average Bonchev–Trinajstić information content (AvgIpc) is 3.30. The maximum atomic E-state index is 13.5. The Morgan fingerprint density at radius 3 is 2.65 bits per heavy atom. The van der Waals surface area contributed by atoms with E-state index in [1.54, 1.807) is 36.3 Å². The number of hydrogen-bond donors (Lipinski definition) is 0. The molecular weight excluding hydrogens is 412 g/mol. The second-order valence-electron chi connectivity index (χ2n) is 7.29. The summed E-state index contributed by atoms with van der Waals surface area (Å²) < 4.78 is 11.2. The lowest BCUT2D eigenvalue weighted by molar-refractivity contribution is -0.134. The fourth-order valence-electron chi connectivity index (χ4n) is 3.62. The van der Waals surface area contributed by atoms with Crippen molar-refractivity contribution in [3.05, 3.63) is 76.5 Å². The molecule has 2 amide bonds. The first kappa shape index (κ1) is 20.9. The van der Waals surface area contributed by atoms with E-state index in [0.717, 1.165) is 16.2 Å². The molecule has 0 N–H and O–H groups in total. The number of carbonyl (C=O) groups excluding carboxylic acids is 2. The Hall–Kier alpha value is -3.32. The third kappa shape index (κ3) is 4.56. The van der Waals surface area contributed by atoms with Gasteiger partial charge in [0.15, 0.2) is 6.10 Å². The van der Waals surface area contributed by atoms with Crippen LogP contribution in [0.3, 0.4) is 0 Å². The van der Waals surface area contributed by atoms with Gasteiger partial charge in [0.1, 0.15) is 18.0 Å². The molecule has 31 heavy (non-hydrogen) atoms. The van der Waals surface area contributed by atoms with Gasteiger partial charge in [-0.1, -0.05) is 36.4 Å². The van der Waals surface area contributed by atoms with Gasteiger partial charge < -0.3 is 14.4 Å². The number of nitrogens with zero attached hydrogens (tertiary/aromatic N) is 2. The molecule has 6 nitrogen and oxygen atoms in total. The van der Waals surface area contributed by atoms with Crippen molar-refractivity contribution in [3.63, 3.8) is 0 Å². The number of ether oxygens (including phenoxy) is 2. The number of thiophene rings is 1. The topological polar surface area (TPSA) is 59.1 Å². The van der Waals surface area contributed by atoms with Crippen LogP contribution in [0.15, 0.2) is 66.0 Å². The molecule has 0 spiro atoms. The van der Waals surface area contributed by atoms with Crippen molar-refractivity contribution >= 4 is 28.8 Å². The maximum absolute atomic E-state index is 13.5. The Balaban J connectivity index is 1.60. The van der Waals surface area contributed by atoms with Gasteiger partial charge in [-0.2, -0.15) is 0 Å². The first-order chi connectivity index (χ1) is 15.1. The molecule has 0 aliphatic carbocycles. The van der Waals surface area contributed by atoms with Crippen LogP contribution in [0, 0.1) is 0 Å². The van der Waals surface area contributed by atoms with Crippen molar-refractivity contribution in [2.75, 3.05) is 18.6 Å². The van der Waals surface area contributed by atoms with E-state index in [4.69, 9.17) is 9.47 Å². The minimum absolute atomic E-state index is 0.0515. The van der Waals surface area contributed by atoms with Crippen LogP contribution in [0.4, 0.5) is 5.69 Å². The highest BCUT2D eigenvalue weighted by Crippen LogP contribution is 2.33. The number of amides is 2. The zero-order valence-corrected chi connectivity index (χ0v) is 18.3. The lowest BCUT2D eigenvalue weighted by atomic mass is 10.1. The molecule has 2 aromatic carbocycles. The van der Waals surface area contributed by atoms with Crippen molar-refractivity contribution in [2.45, 2.75) is 26.1 Å². The predicted molar refractivity (Wildman–Crippen MR) is 120 cm³/mol. The number of anilines is 1. The van der Waals surface area contributed by atoms with Gasteiger partial charge in [-0.05, 0) is 36.6 Å². The summed E-state index contributed by atoms with van der Waals surface area (Å²) >= 11 is 1.60. The molecule has 1 aliphatic heterocycles. The van der Waals surface area contributed by atoms with E-state index in [0.29, 0.717) is 24.5 Å². The third-order valence-electron chi connectivity index (χ3n) is 5.20. The van der Waals surface area contributed by atoms with Crippen LogP contribution in [-0.2, 0) is 22.7 Å². The summed E-state index contributed by atoms with van der Waals surface area (Å²) in [4.78, 5) is 30.7. The predicted octanol–water partition coefficient (Wildman–Crippen LogP) is 4.10. The van der Waals surface area contributed by atoms with Gasteiger partial charge in [0.05, 0.1) is 19.3 Å². The first-order valence-corrected chi connectivity index (χ1v) is 10.9. The highest BCUT2D eigenvalue weighted by molar-refractivity contribution is 7.09. The summed E-state index contributed by atoms with van der Waals surface area (Å²) in [6, 6.07) is 18.9. The molecule has 3 aromatic rings. The number of fused-ring (bicyclic) bond motifs is 1. The summed E-state index contributed by atoms with van der Waals surface area (Å²) in [5.41, 5.74) is 1.53. The molecule has 0 saturated carbocycles. The monoisotopic (exact) mass is 436 g/mol. The van der Waals surface area contributed by atoms with E-state index in [-0.39, 0.29) is 18.4 Å². The van der Waals surface area contributed by atoms with E-state index >= 15 is 0 Å². The smallest absolute Gasteiger partial charge is 0.268 e. The van der Waals surface area contributed by atoms with Gasteiger partial charge in [0, 0.05) is 17.0 Å². The van der Waals surface area contributed by atoms with E-state index < -0.39 is 6.10 Å². The van der Waals surface area contributed by atoms with E-state index in [2.05, 4.69) is 0 Å². The number of hydrogen-bond acceptors (Lipinski definition) is 5. The maximum Gasteiger partial charge on any atom is 0.268 e. The quantitative estimate of drug-likeness (QED) is 0.560. The number of para-hydroxylation sites is 3. The van der Waals surface area contributed by atoms with Gasteiger partial charge in [-0.3, -0.25) is 14.5 Å². The van der Waals surface area contributed by atoms with E-state index in [9.17, 15) is 9.59 Å². The normalized spacial score (nSPS) is 15.2. The second-order valence-corrected chi connectivity index (χ2v) is 8.33. The lowest BCUT2D eigenvalue weighted by Crippen LogP contribution is -2.49. The zero-order chi connectivity index (χ0) is 21.8. The van der Waals surface area contributed by atoms with E-state index in [1.165, 1.54) is 4.90 Å². The first-order valence-electron chi connectivity index (χ1n) is 10.1. The Labute approximate surface area is 185 Å². The summed E-state index contributed by atoms with van der Waals surface area (Å²) in [6.45, 7) is 2.50. The number of methoxy groups -OCH3 is 1. The zero-order valence-electron chi connectivity index (χ0n) is 17.5. The van der Waals surface area contributed by atoms with Crippen molar-refractivity contribution in [3.8, 4) is 11.5 Å². The average molecular weight is 437 g/mol. The molecule has 0 bridgehead atoms. The Morgan fingerprint density at radius 1 is 1.10 bits per heavy atom. The second kappa shape index (κ2) is 9.22. The van der Waals surface area contributed by atoms with Crippen LogP contribution in [-0.4, -0.2) is 36.5 Å². The summed E-state index contributed by atoms with van der Waals surface area (Å²) in [5, 5.41) is 1.99. The number of benzene rings is 2.